The molecule has 0 aliphatic carbocycles. The van der Waals surface area contributed by atoms with Crippen LogP contribution >= 0.6 is 0 Å². The fraction of sp³-hybridized carbons (Fsp3) is 0.500. The molecule has 2 heterocycles. The zero-order valence-electron chi connectivity index (χ0n) is 20.0. The molecular formula is C26H33F3N4O2. The van der Waals surface area contributed by atoms with Crippen LogP contribution in [0.5, 0.6) is 0 Å². The predicted octanol–water partition coefficient (Wildman–Crippen LogP) is 3.60. The summed E-state index contributed by atoms with van der Waals surface area (Å²) in [6.07, 6.45) is 1.15. The first kappa shape index (κ1) is 25.3. The Bertz CT molecular complexity index is 978. The number of aliphatic hydroxyl groups excluding tert-OH is 1. The Labute approximate surface area is 204 Å². The molecule has 2 atom stereocenters. The quantitative estimate of drug-likeness (QED) is 0.608. The molecule has 2 N–H and O–H groups in total. The molecule has 2 saturated heterocycles. The molecule has 2 aliphatic heterocycles. The second-order valence-corrected chi connectivity index (χ2v) is 9.56. The molecule has 6 nitrogen and oxygen atoms in total. The summed E-state index contributed by atoms with van der Waals surface area (Å²) < 4.78 is 40.5. The Balaban J connectivity index is 1.21. The number of piperazine rings is 1. The zero-order valence-corrected chi connectivity index (χ0v) is 20.0. The molecule has 2 fully saturated rings. The number of anilines is 1. The van der Waals surface area contributed by atoms with E-state index in [4.69, 9.17) is 0 Å². The highest BCUT2D eigenvalue weighted by molar-refractivity contribution is 5.75. The first-order chi connectivity index (χ1) is 16.8. The van der Waals surface area contributed by atoms with E-state index in [1.165, 1.54) is 5.56 Å². The Morgan fingerprint density at radius 2 is 1.71 bits per heavy atom. The van der Waals surface area contributed by atoms with Crippen molar-refractivity contribution in [3.63, 3.8) is 0 Å². The van der Waals surface area contributed by atoms with E-state index in [2.05, 4.69) is 22.3 Å². The second kappa shape index (κ2) is 11.3. The average molecular weight is 491 g/mol. The molecular weight excluding hydrogens is 457 g/mol. The molecule has 0 aromatic heterocycles. The maximum atomic E-state index is 13.6. The second-order valence-electron chi connectivity index (χ2n) is 9.56. The number of aliphatic hydroxyl groups is 1. The average Bonchev–Trinajstić information content (AvgIpc) is 2.86. The van der Waals surface area contributed by atoms with E-state index in [1.54, 1.807) is 9.80 Å². The zero-order chi connectivity index (χ0) is 24.9. The van der Waals surface area contributed by atoms with Gasteiger partial charge in [0.1, 0.15) is 0 Å². The molecule has 0 saturated carbocycles. The number of urea groups is 1. The van der Waals surface area contributed by atoms with Gasteiger partial charge in [0, 0.05) is 56.6 Å². The van der Waals surface area contributed by atoms with Crippen molar-refractivity contribution >= 4 is 11.7 Å². The lowest BCUT2D eigenvalue weighted by atomic mass is 9.91. The topological polar surface area (TPSA) is 59.1 Å². The van der Waals surface area contributed by atoms with Crippen LogP contribution in [0, 0.1) is 23.4 Å². The van der Waals surface area contributed by atoms with E-state index in [0.29, 0.717) is 19.6 Å². The van der Waals surface area contributed by atoms with Crippen molar-refractivity contribution in [2.45, 2.75) is 38.5 Å². The lowest BCUT2D eigenvalue weighted by Crippen LogP contribution is -2.57. The van der Waals surface area contributed by atoms with Crippen molar-refractivity contribution in [1.29, 1.82) is 0 Å². The van der Waals surface area contributed by atoms with Gasteiger partial charge in [0.2, 0.25) is 0 Å². The Hall–Kier alpha value is -2.78. The van der Waals surface area contributed by atoms with Gasteiger partial charge >= 0.3 is 6.03 Å². The van der Waals surface area contributed by atoms with Crippen LogP contribution in [-0.4, -0.2) is 72.4 Å². The number of halogens is 3. The molecule has 9 heteroatoms. The molecule has 2 aromatic carbocycles. The fourth-order valence-corrected chi connectivity index (χ4v) is 5.02. The highest BCUT2D eigenvalue weighted by Crippen LogP contribution is 2.25. The largest absolute Gasteiger partial charge is 0.391 e. The van der Waals surface area contributed by atoms with Gasteiger partial charge in [-0.05, 0) is 44.3 Å². The van der Waals surface area contributed by atoms with Gasteiger partial charge in [-0.2, -0.15) is 0 Å². The number of nitrogens with one attached hydrogen (secondary N) is 1. The van der Waals surface area contributed by atoms with Gasteiger partial charge in [-0.3, -0.25) is 4.90 Å². The van der Waals surface area contributed by atoms with Crippen LogP contribution in [0.15, 0.2) is 42.5 Å². The van der Waals surface area contributed by atoms with Gasteiger partial charge in [-0.15, -0.1) is 0 Å². The van der Waals surface area contributed by atoms with Crippen molar-refractivity contribution in [2.75, 3.05) is 44.2 Å². The number of carbonyl (C=O) groups is 1. The summed E-state index contributed by atoms with van der Waals surface area (Å²) in [6, 6.07) is 11.8. The molecule has 2 aromatic rings. The number of likely N-dealkylation sites (tertiary alicyclic amines) is 1. The fourth-order valence-electron chi connectivity index (χ4n) is 5.02. The third-order valence-corrected chi connectivity index (χ3v) is 7.11. The van der Waals surface area contributed by atoms with Crippen LogP contribution in [0.4, 0.5) is 23.7 Å². The number of nitrogens with zero attached hydrogens (tertiary/aromatic N) is 3. The molecule has 190 valence electrons. The van der Waals surface area contributed by atoms with Crippen molar-refractivity contribution in [3.05, 3.63) is 65.5 Å². The summed E-state index contributed by atoms with van der Waals surface area (Å²) in [5.41, 5.74) is 1.53. The van der Waals surface area contributed by atoms with Gasteiger partial charge < -0.3 is 20.2 Å². The number of hydrogen-bond acceptors (Lipinski definition) is 4. The predicted molar refractivity (Wildman–Crippen MR) is 129 cm³/mol. The number of benzene rings is 2. The van der Waals surface area contributed by atoms with Gasteiger partial charge in [0.15, 0.2) is 17.5 Å². The maximum Gasteiger partial charge on any atom is 0.317 e. The van der Waals surface area contributed by atoms with Crippen LogP contribution in [0.1, 0.15) is 25.3 Å². The van der Waals surface area contributed by atoms with Gasteiger partial charge in [0.05, 0.1) is 6.10 Å². The molecule has 0 radical (unpaired) electrons. The third kappa shape index (κ3) is 6.27. The Kier molecular flexibility index (Phi) is 8.18. The van der Waals surface area contributed by atoms with Crippen molar-refractivity contribution < 1.29 is 23.1 Å². The minimum atomic E-state index is -1.49. The summed E-state index contributed by atoms with van der Waals surface area (Å²) in [5.74, 6) is -3.81. The Morgan fingerprint density at radius 3 is 2.34 bits per heavy atom. The summed E-state index contributed by atoms with van der Waals surface area (Å²) in [5, 5.41) is 13.5. The van der Waals surface area contributed by atoms with Gasteiger partial charge in [0.25, 0.3) is 0 Å². The van der Waals surface area contributed by atoms with Crippen molar-refractivity contribution in [3.8, 4) is 0 Å². The molecule has 0 bridgehead atoms. The number of amides is 2. The standard InChI is InChI=1S/C26H33F3N4O2/c1-18-16-32(21-13-22(27)25(29)23(28)14-21)11-12-33(18)26(35)30-15-24(34)20-7-9-31(10-8-20)17-19-5-3-2-4-6-19/h2-6,13-14,18,20,24,34H,7-12,15-17H2,1H3,(H,30,35)/t18-,24-/m1/s1. The van der Waals surface area contributed by atoms with Crippen LogP contribution in [0.2, 0.25) is 0 Å². The normalized spacial score (nSPS) is 20.7. The van der Waals surface area contributed by atoms with Gasteiger partial charge in [-0.25, -0.2) is 18.0 Å². The molecule has 0 unspecified atom stereocenters. The Morgan fingerprint density at radius 1 is 1.06 bits per heavy atom. The molecule has 35 heavy (non-hydrogen) atoms. The summed E-state index contributed by atoms with van der Waals surface area (Å²) in [6.45, 7) is 5.83. The maximum absolute atomic E-state index is 13.6. The molecule has 2 amide bonds. The van der Waals surface area contributed by atoms with Crippen LogP contribution in [-0.2, 0) is 6.54 Å². The molecule has 4 rings (SSSR count). The van der Waals surface area contributed by atoms with Gasteiger partial charge in [-0.1, -0.05) is 30.3 Å². The minimum Gasteiger partial charge on any atom is -0.391 e. The SMILES string of the molecule is C[C@@H]1CN(c2cc(F)c(F)c(F)c2)CCN1C(=O)NC[C@@H](O)C1CCN(Cc2ccccc2)CC1. The number of carbonyl (C=O) groups excluding carboxylic acids is 1. The first-order valence-electron chi connectivity index (χ1n) is 12.2. The summed E-state index contributed by atoms with van der Waals surface area (Å²) >= 11 is 0. The smallest absolute Gasteiger partial charge is 0.317 e. The molecule has 2 aliphatic rings. The number of rotatable bonds is 6. The lowest BCUT2D eigenvalue weighted by molar-refractivity contribution is 0.0570. The van der Waals surface area contributed by atoms with Crippen LogP contribution in [0.3, 0.4) is 0 Å². The van der Waals surface area contributed by atoms with Crippen LogP contribution < -0.4 is 10.2 Å². The number of hydrogen-bond donors (Lipinski definition) is 2. The highest BCUT2D eigenvalue weighted by Gasteiger charge is 2.30. The summed E-state index contributed by atoms with van der Waals surface area (Å²) in [4.78, 5) is 18.5. The minimum absolute atomic E-state index is 0.139. The van der Waals surface area contributed by atoms with E-state index >= 15 is 0 Å². The van der Waals surface area contributed by atoms with E-state index in [-0.39, 0.29) is 30.2 Å². The van der Waals surface area contributed by atoms with Crippen molar-refractivity contribution in [2.24, 2.45) is 5.92 Å². The highest BCUT2D eigenvalue weighted by atomic mass is 19.2. The summed E-state index contributed by atoms with van der Waals surface area (Å²) in [7, 11) is 0. The third-order valence-electron chi connectivity index (χ3n) is 7.11. The monoisotopic (exact) mass is 490 g/mol. The van der Waals surface area contributed by atoms with Crippen molar-refractivity contribution in [1.82, 2.24) is 15.1 Å². The van der Waals surface area contributed by atoms with E-state index in [9.17, 15) is 23.1 Å². The number of piperidine rings is 1. The van der Waals surface area contributed by atoms with E-state index in [0.717, 1.165) is 44.6 Å². The first-order valence-corrected chi connectivity index (χ1v) is 12.2. The molecule has 0 spiro atoms. The van der Waals surface area contributed by atoms with E-state index in [1.807, 2.05) is 25.1 Å². The van der Waals surface area contributed by atoms with E-state index < -0.39 is 23.6 Å². The van der Waals surface area contributed by atoms with Crippen LogP contribution in [0.25, 0.3) is 0 Å². The lowest BCUT2D eigenvalue weighted by Gasteiger charge is -2.41.